The van der Waals surface area contributed by atoms with Crippen molar-refractivity contribution in [3.8, 4) is 11.1 Å². The summed E-state index contributed by atoms with van der Waals surface area (Å²) in [5, 5.41) is 19.4. The molecule has 0 radical (unpaired) electrons. The second-order valence-electron chi connectivity index (χ2n) is 4.36. The molecule has 0 aliphatic heterocycles. The standard InChI is InChI=1S/C15H13Cl2FO2/c16-12-8-13(17)11(15(20)5-6-19)7-10(12)9-3-1-2-4-14(9)18/h1-4,7-8,15,19-20H,5-6H2. The lowest BCUT2D eigenvalue weighted by Gasteiger charge is -2.15. The molecule has 1 unspecified atom stereocenters. The van der Waals surface area contributed by atoms with Crippen molar-refractivity contribution < 1.29 is 14.6 Å². The average molecular weight is 315 g/mol. The maximum atomic E-state index is 13.8. The van der Waals surface area contributed by atoms with Crippen molar-refractivity contribution in [1.82, 2.24) is 0 Å². The summed E-state index contributed by atoms with van der Waals surface area (Å²) >= 11 is 12.1. The molecule has 2 aromatic rings. The summed E-state index contributed by atoms with van der Waals surface area (Å²) in [6.45, 7) is -0.171. The summed E-state index contributed by atoms with van der Waals surface area (Å²) in [7, 11) is 0. The van der Waals surface area contributed by atoms with Crippen molar-refractivity contribution in [2.45, 2.75) is 12.5 Å². The van der Waals surface area contributed by atoms with Gasteiger partial charge in [-0.25, -0.2) is 4.39 Å². The molecule has 106 valence electrons. The molecule has 0 spiro atoms. The molecule has 1 atom stereocenters. The largest absolute Gasteiger partial charge is 0.396 e. The minimum absolute atomic E-state index is 0.151. The smallest absolute Gasteiger partial charge is 0.131 e. The number of rotatable bonds is 4. The normalized spacial score (nSPS) is 12.4. The van der Waals surface area contributed by atoms with E-state index in [0.29, 0.717) is 21.7 Å². The number of hydrogen-bond donors (Lipinski definition) is 2. The van der Waals surface area contributed by atoms with Crippen LogP contribution in [0, 0.1) is 5.82 Å². The van der Waals surface area contributed by atoms with E-state index in [9.17, 15) is 9.50 Å². The third kappa shape index (κ3) is 3.13. The summed E-state index contributed by atoms with van der Waals surface area (Å²) in [5.74, 6) is -0.403. The van der Waals surface area contributed by atoms with E-state index in [1.165, 1.54) is 12.1 Å². The highest BCUT2D eigenvalue weighted by atomic mass is 35.5. The second kappa shape index (κ2) is 6.55. The monoisotopic (exact) mass is 314 g/mol. The molecule has 0 saturated carbocycles. The molecule has 0 aliphatic rings. The number of hydrogen-bond acceptors (Lipinski definition) is 2. The van der Waals surface area contributed by atoms with Gasteiger partial charge in [-0.3, -0.25) is 0 Å². The molecule has 0 fully saturated rings. The summed E-state index contributed by atoms with van der Waals surface area (Å²) < 4.78 is 13.8. The molecule has 2 nitrogen and oxygen atoms in total. The topological polar surface area (TPSA) is 40.5 Å². The fraction of sp³-hybridized carbons (Fsp3) is 0.200. The van der Waals surface area contributed by atoms with Crippen molar-refractivity contribution in [2.24, 2.45) is 0 Å². The van der Waals surface area contributed by atoms with Crippen molar-refractivity contribution in [2.75, 3.05) is 6.61 Å². The lowest BCUT2D eigenvalue weighted by molar-refractivity contribution is 0.134. The first-order valence-electron chi connectivity index (χ1n) is 6.07. The quantitative estimate of drug-likeness (QED) is 0.887. The molecule has 2 rings (SSSR count). The first kappa shape index (κ1) is 15.3. The van der Waals surface area contributed by atoms with Crippen LogP contribution in [0.25, 0.3) is 11.1 Å². The fourth-order valence-electron chi connectivity index (χ4n) is 1.98. The van der Waals surface area contributed by atoms with E-state index in [4.69, 9.17) is 28.3 Å². The number of aliphatic hydroxyl groups excluding tert-OH is 2. The van der Waals surface area contributed by atoms with Crippen molar-refractivity contribution in [3.05, 3.63) is 57.8 Å². The summed E-state index contributed by atoms with van der Waals surface area (Å²) in [6.07, 6.45) is -0.770. The van der Waals surface area contributed by atoms with E-state index in [0.717, 1.165) is 0 Å². The van der Waals surface area contributed by atoms with Crippen LogP contribution < -0.4 is 0 Å². The Morgan fingerprint density at radius 1 is 1.05 bits per heavy atom. The van der Waals surface area contributed by atoms with Crippen molar-refractivity contribution >= 4 is 23.2 Å². The highest BCUT2D eigenvalue weighted by Gasteiger charge is 2.16. The number of aliphatic hydroxyl groups is 2. The Balaban J connectivity index is 2.55. The first-order chi connectivity index (χ1) is 9.54. The van der Waals surface area contributed by atoms with Crippen LogP contribution >= 0.6 is 23.2 Å². The Hall–Kier alpha value is -1.13. The van der Waals surface area contributed by atoms with Gasteiger partial charge < -0.3 is 10.2 Å². The second-order valence-corrected chi connectivity index (χ2v) is 5.18. The third-order valence-electron chi connectivity index (χ3n) is 3.01. The minimum atomic E-state index is -0.921. The van der Waals surface area contributed by atoms with Gasteiger partial charge in [0.25, 0.3) is 0 Å². The predicted octanol–water partition coefficient (Wildman–Crippen LogP) is 4.22. The maximum Gasteiger partial charge on any atom is 0.131 e. The fourth-order valence-corrected chi connectivity index (χ4v) is 2.60. The van der Waals surface area contributed by atoms with Gasteiger partial charge in [-0.05, 0) is 23.8 Å². The van der Waals surface area contributed by atoms with E-state index in [1.54, 1.807) is 24.3 Å². The Bertz CT molecular complexity index is 617. The van der Waals surface area contributed by atoms with Crippen LogP contribution in [-0.2, 0) is 0 Å². The molecule has 20 heavy (non-hydrogen) atoms. The van der Waals surface area contributed by atoms with Crippen molar-refractivity contribution in [1.29, 1.82) is 0 Å². The van der Waals surface area contributed by atoms with E-state index in [1.807, 2.05) is 0 Å². The molecule has 0 saturated heterocycles. The van der Waals surface area contributed by atoms with E-state index in [2.05, 4.69) is 0 Å². The molecule has 0 amide bonds. The van der Waals surface area contributed by atoms with Gasteiger partial charge in [-0.2, -0.15) is 0 Å². The van der Waals surface area contributed by atoms with Crippen LogP contribution in [0.3, 0.4) is 0 Å². The summed E-state index contributed by atoms with van der Waals surface area (Å²) in [5.41, 5.74) is 1.22. The van der Waals surface area contributed by atoms with Gasteiger partial charge in [0.1, 0.15) is 5.82 Å². The Morgan fingerprint density at radius 3 is 2.40 bits per heavy atom. The van der Waals surface area contributed by atoms with Crippen LogP contribution in [0.4, 0.5) is 4.39 Å². The number of halogens is 3. The zero-order chi connectivity index (χ0) is 14.7. The maximum absolute atomic E-state index is 13.8. The first-order valence-corrected chi connectivity index (χ1v) is 6.83. The van der Waals surface area contributed by atoms with E-state index in [-0.39, 0.29) is 18.1 Å². The van der Waals surface area contributed by atoms with Gasteiger partial charge >= 0.3 is 0 Å². The summed E-state index contributed by atoms with van der Waals surface area (Å²) in [6, 6.07) is 9.26. The molecular formula is C15H13Cl2FO2. The molecule has 0 bridgehead atoms. The van der Waals surface area contributed by atoms with Crippen LogP contribution in [-0.4, -0.2) is 16.8 Å². The highest BCUT2D eigenvalue weighted by molar-refractivity contribution is 6.36. The molecule has 0 aromatic heterocycles. The molecule has 2 N–H and O–H groups in total. The molecule has 0 heterocycles. The molecule has 0 aliphatic carbocycles. The Morgan fingerprint density at radius 2 is 1.75 bits per heavy atom. The molecule has 2 aromatic carbocycles. The lowest BCUT2D eigenvalue weighted by Crippen LogP contribution is -2.02. The van der Waals surface area contributed by atoms with Gasteiger partial charge in [-0.15, -0.1) is 0 Å². The Kier molecular flexibility index (Phi) is 5.00. The van der Waals surface area contributed by atoms with Crippen LogP contribution in [0.5, 0.6) is 0 Å². The van der Waals surface area contributed by atoms with Crippen LogP contribution in [0.1, 0.15) is 18.1 Å². The van der Waals surface area contributed by atoms with Crippen LogP contribution in [0.2, 0.25) is 10.0 Å². The van der Waals surface area contributed by atoms with Crippen LogP contribution in [0.15, 0.2) is 36.4 Å². The SMILES string of the molecule is OCCC(O)c1cc(-c2ccccc2F)c(Cl)cc1Cl. The van der Waals surface area contributed by atoms with E-state index >= 15 is 0 Å². The third-order valence-corrected chi connectivity index (χ3v) is 3.65. The predicted molar refractivity (Wildman–Crippen MR) is 78.5 cm³/mol. The van der Waals surface area contributed by atoms with E-state index < -0.39 is 11.9 Å². The lowest BCUT2D eigenvalue weighted by atomic mass is 9.99. The Labute approximate surface area is 126 Å². The average Bonchev–Trinajstić information content (AvgIpc) is 2.40. The zero-order valence-corrected chi connectivity index (χ0v) is 12.0. The molecular weight excluding hydrogens is 302 g/mol. The minimum Gasteiger partial charge on any atom is -0.396 e. The summed E-state index contributed by atoms with van der Waals surface area (Å²) in [4.78, 5) is 0. The van der Waals surface area contributed by atoms with Gasteiger partial charge in [0, 0.05) is 34.2 Å². The van der Waals surface area contributed by atoms with Gasteiger partial charge in [0.05, 0.1) is 6.10 Å². The molecule has 5 heteroatoms. The van der Waals surface area contributed by atoms with Crippen molar-refractivity contribution in [3.63, 3.8) is 0 Å². The van der Waals surface area contributed by atoms with Gasteiger partial charge in [0.15, 0.2) is 0 Å². The zero-order valence-electron chi connectivity index (χ0n) is 10.5. The van der Waals surface area contributed by atoms with Gasteiger partial charge in [-0.1, -0.05) is 41.4 Å². The number of benzene rings is 2. The highest BCUT2D eigenvalue weighted by Crippen LogP contribution is 2.37. The van der Waals surface area contributed by atoms with Gasteiger partial charge in [0.2, 0.25) is 0 Å².